The topological polar surface area (TPSA) is 50.2 Å². The average molecular weight is 363 g/mol. The number of nitrogens with one attached hydrogen (secondary N) is 1. The maximum atomic E-state index is 13.0. The Balaban J connectivity index is 1.93. The number of piperazine rings is 1. The number of aryl methyl sites for hydroxylation is 2. The van der Waals surface area contributed by atoms with Gasteiger partial charge in [0.15, 0.2) is 0 Å². The molecule has 0 saturated carbocycles. The van der Waals surface area contributed by atoms with Crippen LogP contribution in [0.2, 0.25) is 0 Å². The van der Waals surface area contributed by atoms with Crippen molar-refractivity contribution in [3.8, 4) is 0 Å². The van der Waals surface area contributed by atoms with Crippen molar-refractivity contribution in [3.63, 3.8) is 0 Å². The normalized spacial score (nSPS) is 18.5. The Morgan fingerprint density at radius 3 is 2.95 bits per heavy atom. The van der Waals surface area contributed by atoms with Gasteiger partial charge in [0, 0.05) is 49.1 Å². The van der Waals surface area contributed by atoms with Gasteiger partial charge in [0.1, 0.15) is 11.9 Å². The number of benzene rings is 1. The maximum absolute atomic E-state index is 13.0. The van der Waals surface area contributed by atoms with Crippen molar-refractivity contribution in [3.05, 3.63) is 52.0 Å². The van der Waals surface area contributed by atoms with Crippen molar-refractivity contribution < 1.29 is 4.79 Å². The van der Waals surface area contributed by atoms with Gasteiger partial charge in [-0.2, -0.15) is 0 Å². The molecule has 1 unspecified atom stereocenters. The van der Waals surface area contributed by atoms with Crippen molar-refractivity contribution in [2.24, 2.45) is 7.05 Å². The molecule has 1 aliphatic heterocycles. The van der Waals surface area contributed by atoms with E-state index in [1.54, 1.807) is 6.20 Å². The molecule has 1 amide bonds. The standard InChI is InChI=1S/C16H19BrN4O/c1-11-9-12(17)3-4-13(11)16(22)21-8-5-18-10-14(21)15-19-6-7-20(15)2/h3-4,6-7,9,14,18H,5,8,10H2,1-2H3. The first-order valence-electron chi connectivity index (χ1n) is 7.33. The summed E-state index contributed by atoms with van der Waals surface area (Å²) in [6, 6.07) is 5.74. The predicted molar refractivity (Wildman–Crippen MR) is 88.7 cm³/mol. The summed E-state index contributed by atoms with van der Waals surface area (Å²) in [4.78, 5) is 19.3. The number of amides is 1. The molecule has 116 valence electrons. The molecule has 5 nitrogen and oxygen atoms in total. The largest absolute Gasteiger partial charge is 0.336 e. The third kappa shape index (κ3) is 2.80. The fourth-order valence-electron chi connectivity index (χ4n) is 2.90. The van der Waals surface area contributed by atoms with Crippen LogP contribution in [0.25, 0.3) is 0 Å². The molecule has 1 saturated heterocycles. The number of nitrogens with zero attached hydrogens (tertiary/aromatic N) is 3. The number of imidazole rings is 1. The highest BCUT2D eigenvalue weighted by atomic mass is 79.9. The number of carbonyl (C=O) groups excluding carboxylic acids is 1. The predicted octanol–water partition coefficient (Wildman–Crippen LogP) is 2.28. The van der Waals surface area contributed by atoms with Crippen LogP contribution in [0, 0.1) is 6.92 Å². The third-order valence-corrected chi connectivity index (χ3v) is 4.57. The number of hydrogen-bond acceptors (Lipinski definition) is 3. The summed E-state index contributed by atoms with van der Waals surface area (Å²) in [5.41, 5.74) is 1.74. The molecule has 1 aromatic carbocycles. The van der Waals surface area contributed by atoms with Crippen molar-refractivity contribution in [1.29, 1.82) is 0 Å². The Bertz CT molecular complexity index is 697. The van der Waals surface area contributed by atoms with E-state index in [2.05, 4.69) is 26.2 Å². The van der Waals surface area contributed by atoms with Crippen LogP contribution in [0.1, 0.15) is 27.8 Å². The van der Waals surface area contributed by atoms with Crippen LogP contribution in [0.3, 0.4) is 0 Å². The summed E-state index contributed by atoms with van der Waals surface area (Å²) >= 11 is 3.45. The van der Waals surface area contributed by atoms with Crippen molar-refractivity contribution >= 4 is 21.8 Å². The Morgan fingerprint density at radius 2 is 2.27 bits per heavy atom. The van der Waals surface area contributed by atoms with Crippen LogP contribution in [0.5, 0.6) is 0 Å². The number of aromatic nitrogens is 2. The van der Waals surface area contributed by atoms with E-state index in [0.717, 1.165) is 34.5 Å². The zero-order chi connectivity index (χ0) is 15.7. The summed E-state index contributed by atoms with van der Waals surface area (Å²) in [5.74, 6) is 0.981. The maximum Gasteiger partial charge on any atom is 0.254 e. The zero-order valence-corrected chi connectivity index (χ0v) is 14.3. The zero-order valence-electron chi connectivity index (χ0n) is 12.7. The molecule has 0 spiro atoms. The first-order chi connectivity index (χ1) is 10.6. The molecule has 0 aliphatic carbocycles. The molecular formula is C16H19BrN4O. The van der Waals surface area contributed by atoms with E-state index in [4.69, 9.17) is 0 Å². The Hall–Kier alpha value is -1.66. The van der Waals surface area contributed by atoms with Gasteiger partial charge in [0.05, 0.1) is 0 Å². The molecule has 1 fully saturated rings. The molecule has 2 heterocycles. The number of rotatable bonds is 2. The molecule has 1 N–H and O–H groups in total. The highest BCUT2D eigenvalue weighted by Crippen LogP contribution is 2.25. The van der Waals surface area contributed by atoms with Gasteiger partial charge >= 0.3 is 0 Å². The lowest BCUT2D eigenvalue weighted by molar-refractivity contribution is 0.0620. The van der Waals surface area contributed by atoms with Crippen molar-refractivity contribution in [2.75, 3.05) is 19.6 Å². The minimum absolute atomic E-state index is 0.0377. The molecule has 0 radical (unpaired) electrons. The molecule has 0 bridgehead atoms. The summed E-state index contributed by atoms with van der Waals surface area (Å²) < 4.78 is 2.97. The van der Waals surface area contributed by atoms with Crippen LogP contribution in [-0.2, 0) is 7.05 Å². The number of hydrogen-bond donors (Lipinski definition) is 1. The average Bonchev–Trinajstić information content (AvgIpc) is 2.93. The van der Waals surface area contributed by atoms with Gasteiger partial charge in [0.25, 0.3) is 5.91 Å². The van der Waals surface area contributed by atoms with Crippen molar-refractivity contribution in [1.82, 2.24) is 19.8 Å². The fraction of sp³-hybridized carbons (Fsp3) is 0.375. The Morgan fingerprint density at radius 1 is 1.45 bits per heavy atom. The van der Waals surface area contributed by atoms with E-state index in [0.29, 0.717) is 6.54 Å². The summed E-state index contributed by atoms with van der Waals surface area (Å²) in [5, 5.41) is 3.36. The molecule has 3 rings (SSSR count). The van der Waals surface area contributed by atoms with Crippen molar-refractivity contribution in [2.45, 2.75) is 13.0 Å². The molecule has 1 aromatic heterocycles. The Kier molecular flexibility index (Phi) is 4.31. The second-order valence-corrected chi connectivity index (χ2v) is 6.49. The second kappa shape index (κ2) is 6.22. The lowest BCUT2D eigenvalue weighted by Crippen LogP contribution is -2.49. The lowest BCUT2D eigenvalue weighted by atomic mass is 10.1. The van der Waals surface area contributed by atoms with Crippen LogP contribution < -0.4 is 5.32 Å². The van der Waals surface area contributed by atoms with Gasteiger partial charge in [-0.1, -0.05) is 15.9 Å². The van der Waals surface area contributed by atoms with E-state index in [1.165, 1.54) is 0 Å². The minimum Gasteiger partial charge on any atom is -0.336 e. The van der Waals surface area contributed by atoms with E-state index >= 15 is 0 Å². The van der Waals surface area contributed by atoms with Crippen LogP contribution in [-0.4, -0.2) is 40.0 Å². The van der Waals surface area contributed by atoms with E-state index in [9.17, 15) is 4.79 Å². The van der Waals surface area contributed by atoms with Crippen LogP contribution in [0.15, 0.2) is 35.1 Å². The van der Waals surface area contributed by atoms with Crippen LogP contribution >= 0.6 is 15.9 Å². The van der Waals surface area contributed by atoms with Gasteiger partial charge in [0.2, 0.25) is 0 Å². The highest BCUT2D eigenvalue weighted by Gasteiger charge is 2.31. The van der Waals surface area contributed by atoms with Crippen LogP contribution in [0.4, 0.5) is 0 Å². The van der Waals surface area contributed by atoms with E-state index in [-0.39, 0.29) is 11.9 Å². The van der Waals surface area contributed by atoms with Gasteiger partial charge < -0.3 is 14.8 Å². The summed E-state index contributed by atoms with van der Waals surface area (Å²) in [6.45, 7) is 4.19. The molecule has 2 aromatic rings. The van der Waals surface area contributed by atoms with Gasteiger partial charge in [-0.15, -0.1) is 0 Å². The highest BCUT2D eigenvalue weighted by molar-refractivity contribution is 9.10. The summed E-state index contributed by atoms with van der Waals surface area (Å²) in [7, 11) is 1.96. The molecular weight excluding hydrogens is 344 g/mol. The first kappa shape index (κ1) is 15.2. The van der Waals surface area contributed by atoms with Gasteiger partial charge in [-0.3, -0.25) is 4.79 Å². The summed E-state index contributed by atoms with van der Waals surface area (Å²) in [6.07, 6.45) is 3.69. The number of halogens is 1. The molecule has 6 heteroatoms. The van der Waals surface area contributed by atoms with Gasteiger partial charge in [-0.25, -0.2) is 4.98 Å². The molecule has 22 heavy (non-hydrogen) atoms. The monoisotopic (exact) mass is 362 g/mol. The van der Waals surface area contributed by atoms with E-state index < -0.39 is 0 Å². The quantitative estimate of drug-likeness (QED) is 0.891. The van der Waals surface area contributed by atoms with E-state index in [1.807, 2.05) is 47.8 Å². The molecule has 1 aliphatic rings. The number of carbonyl (C=O) groups is 1. The van der Waals surface area contributed by atoms with Gasteiger partial charge in [-0.05, 0) is 30.7 Å². The first-order valence-corrected chi connectivity index (χ1v) is 8.12. The SMILES string of the molecule is Cc1cc(Br)ccc1C(=O)N1CCNCC1c1nccn1C. The minimum atomic E-state index is -0.0377. The smallest absolute Gasteiger partial charge is 0.254 e. The third-order valence-electron chi connectivity index (χ3n) is 4.08. The fourth-order valence-corrected chi connectivity index (χ4v) is 3.37. The second-order valence-electron chi connectivity index (χ2n) is 5.57. The Labute approximate surface area is 138 Å². The molecule has 1 atom stereocenters. The lowest BCUT2D eigenvalue weighted by Gasteiger charge is -2.36.